The number of benzene rings is 3. The molecule has 0 fully saturated rings. The van der Waals surface area contributed by atoms with E-state index in [0.717, 1.165) is 11.1 Å². The fourth-order valence-corrected chi connectivity index (χ4v) is 2.43. The second kappa shape index (κ2) is 4.77. The zero-order valence-electron chi connectivity index (χ0n) is 11.2. The molecule has 0 aromatic heterocycles. The van der Waals surface area contributed by atoms with Crippen LogP contribution >= 0.6 is 0 Å². The van der Waals surface area contributed by atoms with Crippen molar-refractivity contribution >= 4 is 10.8 Å². The molecule has 0 aliphatic carbocycles. The molecule has 0 aliphatic rings. The van der Waals surface area contributed by atoms with Gasteiger partial charge in [0.1, 0.15) is 5.75 Å². The largest absolute Gasteiger partial charge is 0.496 e. The van der Waals surface area contributed by atoms with Gasteiger partial charge in [-0.25, -0.2) is 0 Å². The smallest absolute Gasteiger partial charge is 0.126 e. The maximum Gasteiger partial charge on any atom is 0.126 e. The molecule has 94 valence electrons. The zero-order chi connectivity index (χ0) is 13.2. The Balaban J connectivity index is 2.21. The number of hydrogen-bond acceptors (Lipinski definition) is 1. The van der Waals surface area contributed by atoms with E-state index in [1.165, 1.54) is 22.1 Å². The quantitative estimate of drug-likeness (QED) is 0.631. The van der Waals surface area contributed by atoms with Gasteiger partial charge in [0.05, 0.1) is 7.11 Å². The summed E-state index contributed by atoms with van der Waals surface area (Å²) in [6, 6.07) is 21.2. The Bertz CT molecular complexity index is 729. The maximum absolute atomic E-state index is 5.44. The van der Waals surface area contributed by atoms with Crippen LogP contribution in [0, 0.1) is 6.92 Å². The maximum atomic E-state index is 5.44. The Labute approximate surface area is 113 Å². The average Bonchev–Trinajstić information content (AvgIpc) is 2.46. The molecule has 0 atom stereocenters. The second-order valence-electron chi connectivity index (χ2n) is 4.77. The van der Waals surface area contributed by atoms with E-state index in [1.807, 2.05) is 12.1 Å². The third-order valence-corrected chi connectivity index (χ3v) is 3.41. The van der Waals surface area contributed by atoms with E-state index in [-0.39, 0.29) is 0 Å². The van der Waals surface area contributed by atoms with Crippen molar-refractivity contribution in [2.24, 2.45) is 0 Å². The van der Waals surface area contributed by atoms with Crippen LogP contribution in [0.5, 0.6) is 5.75 Å². The van der Waals surface area contributed by atoms with Crippen molar-refractivity contribution in [2.75, 3.05) is 7.11 Å². The number of fused-ring (bicyclic) bond motifs is 1. The zero-order valence-corrected chi connectivity index (χ0v) is 11.2. The van der Waals surface area contributed by atoms with E-state index >= 15 is 0 Å². The highest BCUT2D eigenvalue weighted by molar-refractivity contribution is 5.92. The van der Waals surface area contributed by atoms with E-state index in [0.29, 0.717) is 0 Å². The minimum absolute atomic E-state index is 0.923. The van der Waals surface area contributed by atoms with Crippen LogP contribution < -0.4 is 4.74 Å². The van der Waals surface area contributed by atoms with Crippen LogP contribution in [0.15, 0.2) is 60.7 Å². The molecule has 0 aliphatic heterocycles. The van der Waals surface area contributed by atoms with Gasteiger partial charge in [0.25, 0.3) is 0 Å². The van der Waals surface area contributed by atoms with E-state index in [2.05, 4.69) is 55.5 Å². The Hall–Kier alpha value is -2.28. The molecule has 0 amide bonds. The highest BCUT2D eigenvalue weighted by atomic mass is 16.5. The molecule has 1 heteroatoms. The monoisotopic (exact) mass is 248 g/mol. The van der Waals surface area contributed by atoms with Gasteiger partial charge in [-0.3, -0.25) is 0 Å². The van der Waals surface area contributed by atoms with E-state index in [4.69, 9.17) is 4.74 Å². The van der Waals surface area contributed by atoms with E-state index in [9.17, 15) is 0 Å². The van der Waals surface area contributed by atoms with Crippen molar-refractivity contribution in [2.45, 2.75) is 6.92 Å². The third kappa shape index (κ3) is 2.19. The number of aryl methyl sites for hydroxylation is 1. The van der Waals surface area contributed by atoms with Gasteiger partial charge in [-0.15, -0.1) is 0 Å². The molecular weight excluding hydrogens is 232 g/mol. The van der Waals surface area contributed by atoms with Gasteiger partial charge in [0.2, 0.25) is 0 Å². The lowest BCUT2D eigenvalue weighted by Gasteiger charge is -2.08. The van der Waals surface area contributed by atoms with Crippen molar-refractivity contribution in [3.8, 4) is 16.9 Å². The van der Waals surface area contributed by atoms with Crippen LogP contribution in [-0.2, 0) is 0 Å². The first-order valence-electron chi connectivity index (χ1n) is 6.42. The standard InChI is InChI=1S/C18H16O/c1-13-5-3-7-15(11-13)16-10-9-14-6-4-8-18(19-2)17(14)12-16/h3-12H,1-2H3. The fourth-order valence-electron chi connectivity index (χ4n) is 2.43. The van der Waals surface area contributed by atoms with E-state index in [1.54, 1.807) is 7.11 Å². The molecule has 19 heavy (non-hydrogen) atoms. The SMILES string of the molecule is COc1cccc2ccc(-c3cccc(C)c3)cc12. The lowest BCUT2D eigenvalue weighted by molar-refractivity contribution is 0.420. The van der Waals surface area contributed by atoms with Crippen LogP contribution in [0.4, 0.5) is 0 Å². The molecule has 0 radical (unpaired) electrons. The fraction of sp³-hybridized carbons (Fsp3) is 0.111. The molecule has 0 N–H and O–H groups in total. The average molecular weight is 248 g/mol. The van der Waals surface area contributed by atoms with Gasteiger partial charge in [-0.05, 0) is 35.6 Å². The van der Waals surface area contributed by atoms with Crippen LogP contribution in [0.25, 0.3) is 21.9 Å². The number of hydrogen-bond donors (Lipinski definition) is 0. The normalized spacial score (nSPS) is 10.6. The van der Waals surface area contributed by atoms with E-state index < -0.39 is 0 Å². The molecule has 0 unspecified atom stereocenters. The van der Waals surface area contributed by atoms with Crippen molar-refractivity contribution in [3.05, 3.63) is 66.2 Å². The molecule has 3 rings (SSSR count). The number of rotatable bonds is 2. The lowest BCUT2D eigenvalue weighted by Crippen LogP contribution is -1.86. The lowest BCUT2D eigenvalue weighted by atomic mass is 9.99. The van der Waals surface area contributed by atoms with Gasteiger partial charge < -0.3 is 4.74 Å². The molecule has 0 spiro atoms. The molecule has 3 aromatic rings. The van der Waals surface area contributed by atoms with Crippen LogP contribution in [0.1, 0.15) is 5.56 Å². The molecular formula is C18H16O. The molecule has 3 aromatic carbocycles. The second-order valence-corrected chi connectivity index (χ2v) is 4.77. The highest BCUT2D eigenvalue weighted by Crippen LogP contribution is 2.30. The minimum atomic E-state index is 0.923. The summed E-state index contributed by atoms with van der Waals surface area (Å²) < 4.78 is 5.44. The number of ether oxygens (including phenoxy) is 1. The highest BCUT2D eigenvalue weighted by Gasteiger charge is 2.04. The summed E-state index contributed by atoms with van der Waals surface area (Å²) >= 11 is 0. The van der Waals surface area contributed by atoms with Crippen molar-refractivity contribution in [1.29, 1.82) is 0 Å². The van der Waals surface area contributed by atoms with Crippen molar-refractivity contribution in [1.82, 2.24) is 0 Å². The first-order chi connectivity index (χ1) is 9.28. The van der Waals surface area contributed by atoms with Gasteiger partial charge in [-0.2, -0.15) is 0 Å². The van der Waals surface area contributed by atoms with Crippen molar-refractivity contribution < 1.29 is 4.74 Å². The first kappa shape index (κ1) is 11.8. The van der Waals surface area contributed by atoms with Crippen LogP contribution in [-0.4, -0.2) is 7.11 Å². The molecule has 0 heterocycles. The summed E-state index contributed by atoms with van der Waals surface area (Å²) in [6.07, 6.45) is 0. The molecule has 0 saturated carbocycles. The summed E-state index contributed by atoms with van der Waals surface area (Å²) in [5.41, 5.74) is 3.74. The van der Waals surface area contributed by atoms with Crippen molar-refractivity contribution in [3.63, 3.8) is 0 Å². The van der Waals surface area contributed by atoms with Gasteiger partial charge in [-0.1, -0.05) is 54.1 Å². The predicted molar refractivity (Wildman–Crippen MR) is 80.7 cm³/mol. The summed E-state index contributed by atoms with van der Waals surface area (Å²) in [5, 5.41) is 2.36. The Morgan fingerprint density at radius 2 is 1.58 bits per heavy atom. The Morgan fingerprint density at radius 3 is 2.37 bits per heavy atom. The Kier molecular flexibility index (Phi) is 2.96. The van der Waals surface area contributed by atoms with Crippen LogP contribution in [0.3, 0.4) is 0 Å². The molecule has 1 nitrogen and oxygen atoms in total. The third-order valence-electron chi connectivity index (χ3n) is 3.41. The summed E-state index contributed by atoms with van der Waals surface area (Å²) in [4.78, 5) is 0. The van der Waals surface area contributed by atoms with Crippen LogP contribution in [0.2, 0.25) is 0 Å². The minimum Gasteiger partial charge on any atom is -0.496 e. The summed E-state index contributed by atoms with van der Waals surface area (Å²) in [6.45, 7) is 2.12. The Morgan fingerprint density at radius 1 is 0.789 bits per heavy atom. The van der Waals surface area contributed by atoms with Gasteiger partial charge in [0.15, 0.2) is 0 Å². The molecule has 0 bridgehead atoms. The van der Waals surface area contributed by atoms with Gasteiger partial charge >= 0.3 is 0 Å². The molecule has 0 saturated heterocycles. The predicted octanol–water partition coefficient (Wildman–Crippen LogP) is 4.82. The summed E-state index contributed by atoms with van der Waals surface area (Å²) in [5.74, 6) is 0.923. The topological polar surface area (TPSA) is 9.23 Å². The number of methoxy groups -OCH3 is 1. The first-order valence-corrected chi connectivity index (χ1v) is 6.42. The summed E-state index contributed by atoms with van der Waals surface area (Å²) in [7, 11) is 1.72. The van der Waals surface area contributed by atoms with Gasteiger partial charge in [0, 0.05) is 5.39 Å².